The van der Waals surface area contributed by atoms with Crippen molar-refractivity contribution < 1.29 is 18.0 Å². The molecule has 3 nitrogen and oxygen atoms in total. The van der Waals surface area contributed by atoms with E-state index in [2.05, 4.69) is 17.6 Å². The molecule has 3 rings (SSSR count). The van der Waals surface area contributed by atoms with Crippen LogP contribution in [0.25, 0.3) is 0 Å². The van der Waals surface area contributed by atoms with Gasteiger partial charge in [0.1, 0.15) is 0 Å². The average Bonchev–Trinajstić information content (AvgIpc) is 2.61. The zero-order valence-corrected chi connectivity index (χ0v) is 16.4. The maximum atomic E-state index is 13.2. The number of rotatable bonds is 3. The van der Waals surface area contributed by atoms with Gasteiger partial charge in [0.15, 0.2) is 0 Å². The first-order chi connectivity index (χ1) is 12.3. The lowest BCUT2D eigenvalue weighted by Gasteiger charge is -2.39. The lowest BCUT2D eigenvalue weighted by atomic mass is 9.68. The van der Waals surface area contributed by atoms with Crippen LogP contribution in [-0.2, 0) is 16.4 Å². The maximum Gasteiger partial charge on any atom is 0.416 e. The average molecular weight is 405 g/mol. The predicted octanol–water partition coefficient (Wildman–Crippen LogP) is 4.59. The van der Waals surface area contributed by atoms with Crippen LogP contribution in [0.2, 0.25) is 0 Å². The number of halogens is 4. The van der Waals surface area contributed by atoms with Crippen molar-refractivity contribution in [1.29, 1.82) is 0 Å². The first kappa shape index (κ1) is 22.0. The molecule has 1 aromatic carbocycles. The standard InChI is InChI=1S/C20H27F3N2O.ClH/c1-14-12-17(8-11-24-14)25-18(26)19(9-3-2-4-10-19)15-6-5-7-16(13-15)20(21,22)23;/h5-7,13-14,17,24H,2-4,8-12H2,1H3,(H,25,26);1H. The number of alkyl halides is 3. The summed E-state index contributed by atoms with van der Waals surface area (Å²) >= 11 is 0. The van der Waals surface area contributed by atoms with Crippen molar-refractivity contribution in [2.75, 3.05) is 6.54 Å². The molecule has 2 atom stereocenters. The fraction of sp³-hybridized carbons (Fsp3) is 0.650. The molecule has 1 saturated heterocycles. The lowest BCUT2D eigenvalue weighted by Crippen LogP contribution is -2.53. The molecule has 2 aliphatic rings. The Morgan fingerprint density at radius 3 is 2.56 bits per heavy atom. The molecule has 1 amide bonds. The Balaban J connectivity index is 0.00000261. The van der Waals surface area contributed by atoms with Crippen LogP contribution in [0, 0.1) is 0 Å². The van der Waals surface area contributed by atoms with E-state index in [-0.39, 0.29) is 24.4 Å². The fourth-order valence-electron chi connectivity index (χ4n) is 4.38. The van der Waals surface area contributed by atoms with E-state index in [9.17, 15) is 18.0 Å². The lowest BCUT2D eigenvalue weighted by molar-refractivity contribution is -0.138. The summed E-state index contributed by atoms with van der Waals surface area (Å²) in [4.78, 5) is 13.2. The Kier molecular flexibility index (Phi) is 7.20. The molecule has 0 aromatic heterocycles. The van der Waals surface area contributed by atoms with Crippen molar-refractivity contribution in [1.82, 2.24) is 10.6 Å². The van der Waals surface area contributed by atoms with Crippen LogP contribution in [0.1, 0.15) is 63.0 Å². The summed E-state index contributed by atoms with van der Waals surface area (Å²) in [6.07, 6.45) is 1.30. The minimum atomic E-state index is -4.40. The van der Waals surface area contributed by atoms with Crippen LogP contribution in [-0.4, -0.2) is 24.5 Å². The van der Waals surface area contributed by atoms with E-state index in [0.717, 1.165) is 44.7 Å². The van der Waals surface area contributed by atoms with E-state index in [1.165, 1.54) is 12.1 Å². The van der Waals surface area contributed by atoms with Crippen LogP contribution in [0.4, 0.5) is 13.2 Å². The van der Waals surface area contributed by atoms with Gasteiger partial charge in [-0.15, -0.1) is 12.4 Å². The molecule has 1 aliphatic heterocycles. The normalized spacial score (nSPS) is 25.3. The number of carbonyl (C=O) groups excluding carboxylic acids is 1. The smallest absolute Gasteiger partial charge is 0.352 e. The Morgan fingerprint density at radius 2 is 1.93 bits per heavy atom. The summed E-state index contributed by atoms with van der Waals surface area (Å²) in [5, 5.41) is 6.51. The second-order valence-electron chi connectivity index (χ2n) is 7.77. The quantitative estimate of drug-likeness (QED) is 0.773. The summed E-state index contributed by atoms with van der Waals surface area (Å²) in [5.41, 5.74) is -1.01. The van der Waals surface area contributed by atoms with Gasteiger partial charge >= 0.3 is 6.18 Å². The van der Waals surface area contributed by atoms with E-state index in [1.54, 1.807) is 6.07 Å². The van der Waals surface area contributed by atoms with Gasteiger partial charge in [0, 0.05) is 12.1 Å². The third-order valence-electron chi connectivity index (χ3n) is 5.84. The van der Waals surface area contributed by atoms with Crippen LogP contribution in [0.15, 0.2) is 24.3 Å². The minimum Gasteiger partial charge on any atom is -0.352 e. The number of carbonyl (C=O) groups is 1. The van der Waals surface area contributed by atoms with E-state index >= 15 is 0 Å². The molecule has 0 radical (unpaired) electrons. The van der Waals surface area contributed by atoms with Gasteiger partial charge in [-0.3, -0.25) is 4.79 Å². The van der Waals surface area contributed by atoms with E-state index in [4.69, 9.17) is 0 Å². The highest BCUT2D eigenvalue weighted by atomic mass is 35.5. The molecule has 1 aromatic rings. The van der Waals surface area contributed by atoms with Crippen LogP contribution < -0.4 is 10.6 Å². The number of amides is 1. The number of hydrogen-bond donors (Lipinski definition) is 2. The Morgan fingerprint density at radius 1 is 1.22 bits per heavy atom. The first-order valence-corrected chi connectivity index (χ1v) is 9.53. The largest absolute Gasteiger partial charge is 0.416 e. The third kappa shape index (κ3) is 4.96. The highest BCUT2D eigenvalue weighted by Gasteiger charge is 2.43. The molecule has 1 aliphatic carbocycles. The van der Waals surface area contributed by atoms with Crippen molar-refractivity contribution in [3.63, 3.8) is 0 Å². The van der Waals surface area contributed by atoms with Crippen molar-refractivity contribution >= 4 is 18.3 Å². The highest BCUT2D eigenvalue weighted by molar-refractivity contribution is 5.88. The van der Waals surface area contributed by atoms with Crippen LogP contribution in [0.5, 0.6) is 0 Å². The van der Waals surface area contributed by atoms with E-state index < -0.39 is 17.2 Å². The van der Waals surface area contributed by atoms with Gasteiger partial charge in [0.2, 0.25) is 5.91 Å². The molecular weight excluding hydrogens is 377 g/mol. The van der Waals surface area contributed by atoms with E-state index in [1.807, 2.05) is 0 Å². The summed E-state index contributed by atoms with van der Waals surface area (Å²) in [6, 6.07) is 5.79. The molecule has 27 heavy (non-hydrogen) atoms. The third-order valence-corrected chi connectivity index (χ3v) is 5.84. The number of hydrogen-bond acceptors (Lipinski definition) is 2. The number of benzene rings is 1. The molecular formula is C20H28ClF3N2O. The van der Waals surface area contributed by atoms with E-state index in [0.29, 0.717) is 24.4 Å². The van der Waals surface area contributed by atoms with Gasteiger partial charge in [-0.25, -0.2) is 0 Å². The summed E-state index contributed by atoms with van der Waals surface area (Å²) in [6.45, 7) is 2.93. The molecule has 2 unspecified atom stereocenters. The Bertz CT molecular complexity index is 644. The highest BCUT2D eigenvalue weighted by Crippen LogP contribution is 2.42. The topological polar surface area (TPSA) is 41.1 Å². The number of nitrogens with one attached hydrogen (secondary N) is 2. The maximum absolute atomic E-state index is 13.2. The van der Waals surface area contributed by atoms with Gasteiger partial charge in [0.05, 0.1) is 11.0 Å². The fourth-order valence-corrected chi connectivity index (χ4v) is 4.38. The van der Waals surface area contributed by atoms with Gasteiger partial charge in [-0.05, 0) is 50.8 Å². The van der Waals surface area contributed by atoms with Gasteiger partial charge in [-0.2, -0.15) is 13.2 Å². The molecule has 1 saturated carbocycles. The SMILES string of the molecule is CC1CC(NC(=O)C2(c3cccc(C(F)(F)F)c3)CCCCC2)CCN1.Cl. The second-order valence-corrected chi connectivity index (χ2v) is 7.77. The Labute approximate surface area is 164 Å². The second kappa shape index (κ2) is 8.82. The number of piperidine rings is 1. The van der Waals surface area contributed by atoms with Crippen molar-refractivity contribution in [3.8, 4) is 0 Å². The molecule has 0 bridgehead atoms. The summed E-state index contributed by atoms with van der Waals surface area (Å²) in [7, 11) is 0. The van der Waals surface area contributed by atoms with Crippen LogP contribution >= 0.6 is 12.4 Å². The minimum absolute atomic E-state index is 0. The molecule has 0 spiro atoms. The van der Waals surface area contributed by atoms with Crippen molar-refractivity contribution in [2.24, 2.45) is 0 Å². The molecule has 152 valence electrons. The zero-order chi connectivity index (χ0) is 18.8. The summed E-state index contributed by atoms with van der Waals surface area (Å²) in [5.74, 6) is -0.101. The molecule has 2 N–H and O–H groups in total. The molecule has 2 fully saturated rings. The Hall–Kier alpha value is -1.27. The van der Waals surface area contributed by atoms with Gasteiger partial charge in [0.25, 0.3) is 0 Å². The molecule has 7 heteroatoms. The van der Waals surface area contributed by atoms with Crippen LogP contribution in [0.3, 0.4) is 0 Å². The van der Waals surface area contributed by atoms with Crippen molar-refractivity contribution in [3.05, 3.63) is 35.4 Å². The summed E-state index contributed by atoms with van der Waals surface area (Å²) < 4.78 is 39.5. The predicted molar refractivity (Wildman–Crippen MR) is 102 cm³/mol. The zero-order valence-electron chi connectivity index (χ0n) is 15.6. The van der Waals surface area contributed by atoms with Gasteiger partial charge < -0.3 is 10.6 Å². The first-order valence-electron chi connectivity index (χ1n) is 9.53. The van der Waals surface area contributed by atoms with Crippen molar-refractivity contribution in [2.45, 2.75) is 75.5 Å². The molecule has 1 heterocycles. The van der Waals surface area contributed by atoms with Gasteiger partial charge in [-0.1, -0.05) is 37.5 Å². The monoisotopic (exact) mass is 404 g/mol.